The van der Waals surface area contributed by atoms with E-state index in [1.165, 1.54) is 30.6 Å². The summed E-state index contributed by atoms with van der Waals surface area (Å²) in [5.41, 5.74) is 2.35. The third-order valence-electron chi connectivity index (χ3n) is 5.17. The summed E-state index contributed by atoms with van der Waals surface area (Å²) in [5.74, 6) is -0.719. The SMILES string of the molecule is COC(=O)C1=NN(c2ccccc2)C2(SC(=Cc3ccc(Br)cc3)C(=O)N2c2ccccc2)S1. The number of anilines is 2. The Kier molecular flexibility index (Phi) is 6.24. The summed E-state index contributed by atoms with van der Waals surface area (Å²) >= 11 is 6.01. The van der Waals surface area contributed by atoms with Crippen molar-refractivity contribution in [3.63, 3.8) is 0 Å². The zero-order valence-corrected chi connectivity index (χ0v) is 21.1. The Balaban J connectivity index is 1.67. The first-order valence-corrected chi connectivity index (χ1v) is 12.7. The highest BCUT2D eigenvalue weighted by molar-refractivity contribution is 9.10. The molecule has 0 bridgehead atoms. The predicted molar refractivity (Wildman–Crippen MR) is 142 cm³/mol. The summed E-state index contributed by atoms with van der Waals surface area (Å²) in [6.45, 7) is 0. The van der Waals surface area contributed by atoms with Gasteiger partial charge in [-0.05, 0) is 59.8 Å². The summed E-state index contributed by atoms with van der Waals surface area (Å²) in [5, 5.41) is 6.52. The third-order valence-corrected chi connectivity index (χ3v) is 8.40. The number of benzene rings is 3. The number of para-hydroxylation sites is 2. The zero-order valence-electron chi connectivity index (χ0n) is 17.9. The number of hydrazone groups is 1. The van der Waals surface area contributed by atoms with E-state index < -0.39 is 10.3 Å². The van der Waals surface area contributed by atoms with Crippen molar-refractivity contribution in [1.29, 1.82) is 0 Å². The van der Waals surface area contributed by atoms with E-state index in [0.717, 1.165) is 15.7 Å². The molecule has 9 heteroatoms. The number of thioether (sulfide) groups is 2. The van der Waals surface area contributed by atoms with Crippen LogP contribution in [0.2, 0.25) is 0 Å². The lowest BCUT2D eigenvalue weighted by Gasteiger charge is -2.38. The van der Waals surface area contributed by atoms with E-state index in [1.54, 1.807) is 9.91 Å². The van der Waals surface area contributed by atoms with Crippen LogP contribution in [0, 0.1) is 0 Å². The fourth-order valence-corrected chi connectivity index (χ4v) is 6.80. The average Bonchev–Trinajstić information content (AvgIpc) is 3.38. The largest absolute Gasteiger partial charge is 0.464 e. The molecule has 3 aromatic rings. The number of amides is 1. The number of rotatable bonds is 4. The van der Waals surface area contributed by atoms with Crippen molar-refractivity contribution in [3.05, 3.63) is 99.9 Å². The summed E-state index contributed by atoms with van der Waals surface area (Å²) in [6.07, 6.45) is 1.87. The van der Waals surface area contributed by atoms with Crippen molar-refractivity contribution in [2.24, 2.45) is 5.10 Å². The first kappa shape index (κ1) is 22.8. The Hall–Kier alpha value is -3.01. The van der Waals surface area contributed by atoms with Crippen LogP contribution < -0.4 is 9.91 Å². The first-order chi connectivity index (χ1) is 16.5. The number of carbonyl (C=O) groups excluding carboxylic acids is 2. The van der Waals surface area contributed by atoms with Gasteiger partial charge in [0.1, 0.15) is 0 Å². The first-order valence-electron chi connectivity index (χ1n) is 10.3. The van der Waals surface area contributed by atoms with Crippen molar-refractivity contribution in [2.45, 2.75) is 4.33 Å². The maximum absolute atomic E-state index is 13.9. The van der Waals surface area contributed by atoms with E-state index in [0.29, 0.717) is 10.6 Å². The van der Waals surface area contributed by atoms with Crippen LogP contribution in [-0.4, -0.2) is 28.4 Å². The van der Waals surface area contributed by atoms with Crippen molar-refractivity contribution in [3.8, 4) is 0 Å². The van der Waals surface area contributed by atoms with E-state index in [2.05, 4.69) is 21.0 Å². The van der Waals surface area contributed by atoms with Gasteiger partial charge >= 0.3 is 5.97 Å². The van der Waals surface area contributed by atoms with Crippen molar-refractivity contribution in [1.82, 2.24) is 0 Å². The molecular formula is C25H18BrN3O3S2. The van der Waals surface area contributed by atoms with E-state index in [-0.39, 0.29) is 11.0 Å². The second kappa shape index (κ2) is 9.32. The van der Waals surface area contributed by atoms with Gasteiger partial charge in [-0.1, -0.05) is 76.2 Å². The molecule has 1 unspecified atom stereocenters. The molecule has 0 aliphatic carbocycles. The molecule has 5 rings (SSSR count). The minimum absolute atomic E-state index is 0.172. The summed E-state index contributed by atoms with van der Waals surface area (Å²) in [7, 11) is 1.32. The van der Waals surface area contributed by atoms with Gasteiger partial charge in [0.25, 0.3) is 5.91 Å². The zero-order chi connectivity index (χ0) is 23.7. The summed E-state index contributed by atoms with van der Waals surface area (Å²) in [6, 6.07) is 26.7. The van der Waals surface area contributed by atoms with Crippen molar-refractivity contribution < 1.29 is 14.3 Å². The molecular weight excluding hydrogens is 534 g/mol. The molecule has 0 radical (unpaired) electrons. The van der Waals surface area contributed by atoms with E-state index >= 15 is 0 Å². The van der Waals surface area contributed by atoms with Gasteiger partial charge in [0, 0.05) is 10.2 Å². The Morgan fingerprint density at radius 1 is 0.941 bits per heavy atom. The molecule has 1 spiro atoms. The van der Waals surface area contributed by atoms with Crippen LogP contribution in [0.5, 0.6) is 0 Å². The van der Waals surface area contributed by atoms with Gasteiger partial charge < -0.3 is 4.74 Å². The predicted octanol–water partition coefficient (Wildman–Crippen LogP) is 5.92. The quantitative estimate of drug-likeness (QED) is 0.296. The van der Waals surface area contributed by atoms with Gasteiger partial charge in [-0.15, -0.1) is 0 Å². The van der Waals surface area contributed by atoms with Crippen LogP contribution in [0.1, 0.15) is 5.56 Å². The van der Waals surface area contributed by atoms with Crippen molar-refractivity contribution in [2.75, 3.05) is 17.0 Å². The summed E-state index contributed by atoms with van der Waals surface area (Å²) < 4.78 is 4.85. The number of nitrogens with zero attached hydrogens (tertiary/aromatic N) is 3. The third kappa shape index (κ3) is 4.04. The van der Waals surface area contributed by atoms with Gasteiger partial charge in [0.05, 0.1) is 17.7 Å². The lowest BCUT2D eigenvalue weighted by atomic mass is 10.2. The Morgan fingerprint density at radius 2 is 1.56 bits per heavy atom. The number of halogens is 1. The maximum atomic E-state index is 13.9. The van der Waals surface area contributed by atoms with E-state index in [9.17, 15) is 9.59 Å². The van der Waals surface area contributed by atoms with Crippen LogP contribution in [-0.2, 0) is 14.3 Å². The van der Waals surface area contributed by atoms with E-state index in [4.69, 9.17) is 4.74 Å². The molecule has 2 heterocycles. The van der Waals surface area contributed by atoms with Gasteiger partial charge in [-0.3, -0.25) is 9.69 Å². The number of ether oxygens (including phenoxy) is 1. The highest BCUT2D eigenvalue weighted by Gasteiger charge is 2.60. The minimum Gasteiger partial charge on any atom is -0.464 e. The Bertz CT molecular complexity index is 1300. The molecule has 1 atom stereocenters. The van der Waals surface area contributed by atoms with Crippen LogP contribution >= 0.6 is 39.5 Å². The molecule has 0 aromatic heterocycles. The highest BCUT2D eigenvalue weighted by Crippen LogP contribution is 2.59. The average molecular weight is 552 g/mol. The molecule has 1 saturated heterocycles. The maximum Gasteiger partial charge on any atom is 0.365 e. The highest BCUT2D eigenvalue weighted by atomic mass is 79.9. The molecule has 6 nitrogen and oxygen atoms in total. The molecule has 3 aromatic carbocycles. The Morgan fingerprint density at radius 3 is 2.18 bits per heavy atom. The topological polar surface area (TPSA) is 62.2 Å². The van der Waals surface area contributed by atoms with Gasteiger partial charge in [-0.25, -0.2) is 9.80 Å². The fraction of sp³-hybridized carbons (Fsp3) is 0.0800. The molecule has 2 aliphatic rings. The number of esters is 1. The number of hydrogen-bond acceptors (Lipinski definition) is 7. The lowest BCUT2D eigenvalue weighted by molar-refractivity contribution is -0.132. The van der Waals surface area contributed by atoms with Crippen LogP contribution in [0.25, 0.3) is 6.08 Å². The van der Waals surface area contributed by atoms with Gasteiger partial charge in [0.2, 0.25) is 9.37 Å². The monoisotopic (exact) mass is 551 g/mol. The standard InChI is InChI=1S/C25H18BrN3O3S2/c1-32-24(31)22-27-29(20-10-6-3-7-11-20)25(34-22)28(19-8-4-2-5-9-19)23(30)21(33-25)16-17-12-14-18(26)15-13-17/h2-16H,1H3. The molecule has 0 N–H and O–H groups in total. The number of carbonyl (C=O) groups is 2. The molecule has 1 amide bonds. The fourth-order valence-electron chi connectivity index (χ4n) is 3.64. The lowest BCUT2D eigenvalue weighted by Crippen LogP contribution is -2.51. The van der Waals surface area contributed by atoms with Crippen LogP contribution in [0.15, 0.2) is 99.4 Å². The molecule has 2 aliphatic heterocycles. The minimum atomic E-state index is -1.08. The summed E-state index contributed by atoms with van der Waals surface area (Å²) in [4.78, 5) is 28.6. The van der Waals surface area contributed by atoms with Crippen LogP contribution in [0.3, 0.4) is 0 Å². The molecule has 34 heavy (non-hydrogen) atoms. The second-order valence-corrected chi connectivity index (χ2v) is 10.9. The van der Waals surface area contributed by atoms with Crippen molar-refractivity contribution >= 4 is 73.8 Å². The molecule has 170 valence electrons. The smallest absolute Gasteiger partial charge is 0.365 e. The normalized spacial score (nSPS) is 20.8. The molecule has 0 saturated carbocycles. The van der Waals surface area contributed by atoms with E-state index in [1.807, 2.05) is 91.0 Å². The van der Waals surface area contributed by atoms with Gasteiger partial charge in [-0.2, -0.15) is 5.10 Å². The van der Waals surface area contributed by atoms with Crippen LogP contribution in [0.4, 0.5) is 11.4 Å². The second-order valence-electron chi connectivity index (χ2n) is 7.33. The molecule has 1 fully saturated rings. The Labute approximate surface area is 213 Å². The number of hydrogen-bond donors (Lipinski definition) is 0. The van der Waals surface area contributed by atoms with Gasteiger partial charge in [0.15, 0.2) is 0 Å². The number of methoxy groups -OCH3 is 1.